The van der Waals surface area contributed by atoms with Gasteiger partial charge in [0.2, 0.25) is 0 Å². The maximum Gasteiger partial charge on any atom is 0.0599 e. The molecule has 0 radical (unpaired) electrons. The largest absolute Gasteiger partial charge is 0.395 e. The third-order valence-electron chi connectivity index (χ3n) is 3.92. The minimum absolute atomic E-state index is 0.0911. The number of likely N-dealkylation sites (N-methyl/N-ethyl adjacent to an activating group) is 1. The van der Waals surface area contributed by atoms with Gasteiger partial charge in [-0.1, -0.05) is 6.07 Å². The van der Waals surface area contributed by atoms with E-state index in [0.717, 1.165) is 19.6 Å². The van der Waals surface area contributed by atoms with E-state index in [0.29, 0.717) is 0 Å². The molecule has 1 aromatic heterocycles. The molecule has 1 atom stereocenters. The maximum atomic E-state index is 9.50. The number of aliphatic hydroxyl groups is 1. The molecule has 1 aliphatic rings. The summed E-state index contributed by atoms with van der Waals surface area (Å²) in [5.74, 6) is 0. The van der Waals surface area contributed by atoms with Crippen molar-refractivity contribution in [3.05, 3.63) is 30.1 Å². The van der Waals surface area contributed by atoms with Crippen LogP contribution in [0.25, 0.3) is 0 Å². The molecule has 1 aliphatic heterocycles. The van der Waals surface area contributed by atoms with Gasteiger partial charge in [0, 0.05) is 43.6 Å². The number of pyridine rings is 1. The first-order valence-electron chi connectivity index (χ1n) is 6.48. The van der Waals surface area contributed by atoms with Crippen molar-refractivity contribution in [1.29, 1.82) is 0 Å². The van der Waals surface area contributed by atoms with Crippen LogP contribution in [0.5, 0.6) is 0 Å². The fraction of sp³-hybridized carbons (Fsp3) is 0.643. The molecule has 1 unspecified atom stereocenters. The monoisotopic (exact) mass is 249 g/mol. The quantitative estimate of drug-likeness (QED) is 0.866. The number of aliphatic hydroxyl groups excluding tert-OH is 1. The van der Waals surface area contributed by atoms with Crippen LogP contribution in [0.15, 0.2) is 24.5 Å². The van der Waals surface area contributed by atoms with E-state index in [1.54, 1.807) is 6.20 Å². The predicted molar refractivity (Wildman–Crippen MR) is 72.2 cm³/mol. The van der Waals surface area contributed by atoms with Gasteiger partial charge in [-0.3, -0.25) is 14.8 Å². The van der Waals surface area contributed by atoms with Gasteiger partial charge in [-0.25, -0.2) is 0 Å². The lowest BCUT2D eigenvalue weighted by Crippen LogP contribution is -2.63. The lowest BCUT2D eigenvalue weighted by molar-refractivity contribution is -0.0297. The topological polar surface area (TPSA) is 39.6 Å². The van der Waals surface area contributed by atoms with Crippen molar-refractivity contribution in [3.63, 3.8) is 0 Å². The van der Waals surface area contributed by atoms with E-state index in [1.165, 1.54) is 5.56 Å². The lowest BCUT2D eigenvalue weighted by Gasteiger charge is -2.49. The summed E-state index contributed by atoms with van der Waals surface area (Å²) in [5, 5.41) is 9.50. The summed E-state index contributed by atoms with van der Waals surface area (Å²) < 4.78 is 0. The van der Waals surface area contributed by atoms with E-state index in [4.69, 9.17) is 0 Å². The average Bonchev–Trinajstić information content (AvgIpc) is 2.34. The van der Waals surface area contributed by atoms with Crippen LogP contribution < -0.4 is 0 Å². The second-order valence-electron chi connectivity index (χ2n) is 5.79. The molecule has 0 bridgehead atoms. The van der Waals surface area contributed by atoms with Crippen LogP contribution in [0, 0.1) is 0 Å². The van der Waals surface area contributed by atoms with Crippen molar-refractivity contribution in [1.82, 2.24) is 14.8 Å². The van der Waals surface area contributed by atoms with Gasteiger partial charge in [-0.05, 0) is 32.5 Å². The fourth-order valence-electron chi connectivity index (χ4n) is 2.69. The third-order valence-corrected chi connectivity index (χ3v) is 3.92. The molecule has 0 aliphatic carbocycles. The smallest absolute Gasteiger partial charge is 0.0599 e. The Morgan fingerprint density at radius 2 is 2.28 bits per heavy atom. The SMILES string of the molecule is CN1C(CO)CN(Cc2cccnc2)CC1(C)C. The lowest BCUT2D eigenvalue weighted by atomic mass is 9.95. The highest BCUT2D eigenvalue weighted by atomic mass is 16.3. The summed E-state index contributed by atoms with van der Waals surface area (Å²) in [4.78, 5) is 8.84. The zero-order chi connectivity index (χ0) is 13.2. The Morgan fingerprint density at radius 1 is 1.50 bits per heavy atom. The molecule has 100 valence electrons. The first kappa shape index (κ1) is 13.5. The number of hydrogen-bond acceptors (Lipinski definition) is 4. The fourth-order valence-corrected chi connectivity index (χ4v) is 2.69. The number of hydrogen-bond donors (Lipinski definition) is 1. The predicted octanol–water partition coefficient (Wildman–Crippen LogP) is 0.968. The van der Waals surface area contributed by atoms with Gasteiger partial charge >= 0.3 is 0 Å². The van der Waals surface area contributed by atoms with Crippen molar-refractivity contribution in [2.24, 2.45) is 0 Å². The van der Waals surface area contributed by atoms with E-state index in [9.17, 15) is 5.11 Å². The number of aromatic nitrogens is 1. The van der Waals surface area contributed by atoms with E-state index >= 15 is 0 Å². The molecule has 0 amide bonds. The Balaban J connectivity index is 2.06. The maximum absolute atomic E-state index is 9.50. The molecular weight excluding hydrogens is 226 g/mol. The van der Waals surface area contributed by atoms with Gasteiger partial charge in [-0.15, -0.1) is 0 Å². The van der Waals surface area contributed by atoms with Crippen LogP contribution in [-0.2, 0) is 6.54 Å². The zero-order valence-corrected chi connectivity index (χ0v) is 11.5. The van der Waals surface area contributed by atoms with E-state index in [-0.39, 0.29) is 18.2 Å². The molecule has 18 heavy (non-hydrogen) atoms. The van der Waals surface area contributed by atoms with Crippen molar-refractivity contribution in [2.75, 3.05) is 26.7 Å². The Hall–Kier alpha value is -0.970. The van der Waals surface area contributed by atoms with Crippen molar-refractivity contribution in [2.45, 2.75) is 32.0 Å². The van der Waals surface area contributed by atoms with Crippen LogP contribution in [0.3, 0.4) is 0 Å². The molecular formula is C14H23N3O. The van der Waals surface area contributed by atoms with Crippen LogP contribution in [0.2, 0.25) is 0 Å². The average molecular weight is 249 g/mol. The zero-order valence-electron chi connectivity index (χ0n) is 11.5. The minimum Gasteiger partial charge on any atom is -0.395 e. The second kappa shape index (κ2) is 5.34. The highest BCUT2D eigenvalue weighted by Gasteiger charge is 2.36. The Kier molecular flexibility index (Phi) is 4.00. The summed E-state index contributed by atoms with van der Waals surface area (Å²) in [5.41, 5.74) is 1.32. The molecule has 2 heterocycles. The number of rotatable bonds is 3. The van der Waals surface area contributed by atoms with Crippen molar-refractivity contribution < 1.29 is 5.11 Å². The summed E-state index contributed by atoms with van der Waals surface area (Å²) in [6, 6.07) is 4.29. The summed E-state index contributed by atoms with van der Waals surface area (Å²) >= 11 is 0. The molecule has 4 heteroatoms. The highest BCUT2D eigenvalue weighted by molar-refractivity contribution is 5.09. The Morgan fingerprint density at radius 3 is 2.89 bits per heavy atom. The highest BCUT2D eigenvalue weighted by Crippen LogP contribution is 2.24. The summed E-state index contributed by atoms with van der Waals surface area (Å²) in [7, 11) is 2.10. The Labute approximate surface area is 109 Å². The van der Waals surface area contributed by atoms with Gasteiger partial charge in [0.1, 0.15) is 0 Å². The normalized spacial score (nSPS) is 25.2. The van der Waals surface area contributed by atoms with E-state index < -0.39 is 0 Å². The molecule has 4 nitrogen and oxygen atoms in total. The molecule has 2 rings (SSSR count). The second-order valence-corrected chi connectivity index (χ2v) is 5.79. The molecule has 1 fully saturated rings. The molecule has 1 N–H and O–H groups in total. The number of piperazine rings is 1. The van der Waals surface area contributed by atoms with Crippen LogP contribution >= 0.6 is 0 Å². The first-order valence-corrected chi connectivity index (χ1v) is 6.48. The summed E-state index contributed by atoms with van der Waals surface area (Å²) in [6.45, 7) is 7.49. The van der Waals surface area contributed by atoms with Gasteiger partial charge in [0.15, 0.2) is 0 Å². The van der Waals surface area contributed by atoms with Crippen LogP contribution in [0.4, 0.5) is 0 Å². The molecule has 1 saturated heterocycles. The van der Waals surface area contributed by atoms with Crippen molar-refractivity contribution >= 4 is 0 Å². The van der Waals surface area contributed by atoms with Gasteiger partial charge < -0.3 is 5.11 Å². The van der Waals surface area contributed by atoms with Crippen LogP contribution in [0.1, 0.15) is 19.4 Å². The van der Waals surface area contributed by atoms with Gasteiger partial charge in [-0.2, -0.15) is 0 Å². The summed E-state index contributed by atoms with van der Waals surface area (Å²) in [6.07, 6.45) is 3.72. The molecule has 0 spiro atoms. The molecule has 1 aromatic rings. The number of nitrogens with zero attached hydrogens (tertiary/aromatic N) is 3. The van der Waals surface area contributed by atoms with E-state index in [2.05, 4.69) is 41.7 Å². The standard InChI is InChI=1S/C14H23N3O/c1-14(2)11-17(9-13(10-18)16(14)3)8-12-5-4-6-15-7-12/h4-7,13,18H,8-11H2,1-3H3. The third kappa shape index (κ3) is 2.88. The van der Waals surface area contributed by atoms with Crippen molar-refractivity contribution in [3.8, 4) is 0 Å². The van der Waals surface area contributed by atoms with Crippen LogP contribution in [-0.4, -0.2) is 58.2 Å². The van der Waals surface area contributed by atoms with Gasteiger partial charge in [0.25, 0.3) is 0 Å². The van der Waals surface area contributed by atoms with Gasteiger partial charge in [0.05, 0.1) is 6.61 Å². The first-order chi connectivity index (χ1) is 8.53. The Bertz CT molecular complexity index is 380. The molecule has 0 aromatic carbocycles. The van der Waals surface area contributed by atoms with E-state index in [1.807, 2.05) is 12.3 Å². The molecule has 0 saturated carbocycles. The minimum atomic E-state index is 0.0911.